The third-order valence-corrected chi connectivity index (χ3v) is 1.65. The molecule has 0 fully saturated rings. The van der Waals surface area contributed by atoms with Crippen LogP contribution in [0.15, 0.2) is 35.4 Å². The molecular weight excluding hydrogens is 180 g/mol. The average Bonchev–Trinajstić information content (AvgIpc) is 2.19. The lowest BCUT2D eigenvalue weighted by atomic mass is 10.3. The SMILES string of the molecule is C[C@@H](N=[N+]=[N-])C(=O)Nc1ccccc1. The van der Waals surface area contributed by atoms with E-state index >= 15 is 0 Å². The number of carbonyl (C=O) groups excluding carboxylic acids is 1. The number of azide groups is 1. The lowest BCUT2D eigenvalue weighted by Gasteiger charge is -2.06. The Labute approximate surface area is 81.4 Å². The first kappa shape index (κ1) is 10.1. The summed E-state index contributed by atoms with van der Waals surface area (Å²) in [5, 5.41) is 5.91. The maximum atomic E-state index is 11.3. The molecule has 0 aromatic heterocycles. The fourth-order valence-electron chi connectivity index (χ4n) is 0.898. The smallest absolute Gasteiger partial charge is 0.233 e. The van der Waals surface area contributed by atoms with Crippen molar-refractivity contribution < 1.29 is 4.79 Å². The van der Waals surface area contributed by atoms with Crippen molar-refractivity contribution >= 4 is 11.6 Å². The van der Waals surface area contributed by atoms with E-state index in [0.717, 1.165) is 0 Å². The van der Waals surface area contributed by atoms with Gasteiger partial charge in [0.15, 0.2) is 0 Å². The zero-order valence-corrected chi connectivity index (χ0v) is 7.71. The number of carbonyl (C=O) groups is 1. The molecule has 0 saturated heterocycles. The molecule has 0 aliphatic carbocycles. The van der Waals surface area contributed by atoms with Gasteiger partial charge in [-0.15, -0.1) is 0 Å². The predicted molar refractivity (Wildman–Crippen MR) is 53.7 cm³/mol. The highest BCUT2D eigenvalue weighted by molar-refractivity contribution is 5.94. The minimum atomic E-state index is -0.694. The number of benzene rings is 1. The van der Waals surface area contributed by atoms with E-state index in [4.69, 9.17) is 5.53 Å². The van der Waals surface area contributed by atoms with E-state index in [1.165, 1.54) is 6.92 Å². The second kappa shape index (κ2) is 4.89. The molecule has 1 aromatic rings. The summed E-state index contributed by atoms with van der Waals surface area (Å²) in [6.07, 6.45) is 0. The molecular formula is C9H10N4O. The third kappa shape index (κ3) is 2.80. The fraction of sp³-hybridized carbons (Fsp3) is 0.222. The van der Waals surface area contributed by atoms with Crippen LogP contribution in [0.25, 0.3) is 10.4 Å². The predicted octanol–water partition coefficient (Wildman–Crippen LogP) is 2.32. The van der Waals surface area contributed by atoms with Crippen LogP contribution < -0.4 is 5.32 Å². The summed E-state index contributed by atoms with van der Waals surface area (Å²) in [7, 11) is 0. The molecule has 5 heteroatoms. The Morgan fingerprint density at radius 2 is 2.14 bits per heavy atom. The average molecular weight is 190 g/mol. The van der Waals surface area contributed by atoms with Gasteiger partial charge in [-0.25, -0.2) is 0 Å². The number of rotatable bonds is 3. The molecule has 1 rings (SSSR count). The van der Waals surface area contributed by atoms with E-state index in [2.05, 4.69) is 15.3 Å². The zero-order chi connectivity index (χ0) is 10.4. The zero-order valence-electron chi connectivity index (χ0n) is 7.71. The Kier molecular flexibility index (Phi) is 3.52. The summed E-state index contributed by atoms with van der Waals surface area (Å²) < 4.78 is 0. The van der Waals surface area contributed by atoms with Crippen LogP contribution in [0, 0.1) is 0 Å². The van der Waals surface area contributed by atoms with Crippen LogP contribution in [0.2, 0.25) is 0 Å². The highest BCUT2D eigenvalue weighted by atomic mass is 16.2. The Balaban J connectivity index is 2.62. The van der Waals surface area contributed by atoms with Crippen LogP contribution in [-0.4, -0.2) is 11.9 Å². The largest absolute Gasteiger partial charge is 0.326 e. The Morgan fingerprint density at radius 1 is 1.50 bits per heavy atom. The van der Waals surface area contributed by atoms with Crippen molar-refractivity contribution in [2.24, 2.45) is 5.11 Å². The molecule has 72 valence electrons. The quantitative estimate of drug-likeness (QED) is 0.443. The topological polar surface area (TPSA) is 77.9 Å². The molecule has 0 radical (unpaired) electrons. The Morgan fingerprint density at radius 3 is 2.71 bits per heavy atom. The van der Waals surface area contributed by atoms with Gasteiger partial charge in [-0.05, 0) is 24.6 Å². The Hall–Kier alpha value is -2.00. The second-order valence-corrected chi connectivity index (χ2v) is 2.74. The van der Waals surface area contributed by atoms with E-state index < -0.39 is 6.04 Å². The lowest BCUT2D eigenvalue weighted by Crippen LogP contribution is -2.22. The van der Waals surface area contributed by atoms with Gasteiger partial charge in [0.2, 0.25) is 5.91 Å². The molecule has 5 nitrogen and oxygen atoms in total. The van der Waals surface area contributed by atoms with Crippen molar-refractivity contribution in [1.82, 2.24) is 0 Å². The van der Waals surface area contributed by atoms with Crippen molar-refractivity contribution in [3.63, 3.8) is 0 Å². The summed E-state index contributed by atoms with van der Waals surface area (Å²) in [5.41, 5.74) is 8.82. The molecule has 14 heavy (non-hydrogen) atoms. The highest BCUT2D eigenvalue weighted by Gasteiger charge is 2.09. The van der Waals surface area contributed by atoms with Gasteiger partial charge in [-0.2, -0.15) is 0 Å². The van der Waals surface area contributed by atoms with Crippen molar-refractivity contribution in [3.05, 3.63) is 40.8 Å². The first-order chi connectivity index (χ1) is 6.74. The van der Waals surface area contributed by atoms with Crippen LogP contribution in [0.3, 0.4) is 0 Å². The number of hydrogen-bond donors (Lipinski definition) is 1. The number of amides is 1. The van der Waals surface area contributed by atoms with Crippen molar-refractivity contribution in [1.29, 1.82) is 0 Å². The monoisotopic (exact) mass is 190 g/mol. The number of hydrogen-bond acceptors (Lipinski definition) is 2. The van der Waals surface area contributed by atoms with Gasteiger partial charge in [0.05, 0.1) is 0 Å². The van der Waals surface area contributed by atoms with Crippen molar-refractivity contribution in [3.8, 4) is 0 Å². The van der Waals surface area contributed by atoms with Gasteiger partial charge in [-0.3, -0.25) is 4.79 Å². The van der Waals surface area contributed by atoms with Gasteiger partial charge >= 0.3 is 0 Å². The molecule has 0 spiro atoms. The van der Waals surface area contributed by atoms with Gasteiger partial charge in [0.1, 0.15) is 6.04 Å². The molecule has 0 aliphatic rings. The molecule has 0 bridgehead atoms. The first-order valence-electron chi connectivity index (χ1n) is 4.14. The van der Waals surface area contributed by atoms with Gasteiger partial charge < -0.3 is 5.32 Å². The van der Waals surface area contributed by atoms with E-state index in [1.807, 2.05) is 18.2 Å². The van der Waals surface area contributed by atoms with Crippen LogP contribution in [0.4, 0.5) is 5.69 Å². The number of nitrogens with one attached hydrogen (secondary N) is 1. The van der Waals surface area contributed by atoms with E-state index in [9.17, 15) is 4.79 Å². The summed E-state index contributed by atoms with van der Waals surface area (Å²) >= 11 is 0. The fourth-order valence-corrected chi connectivity index (χ4v) is 0.898. The molecule has 0 aliphatic heterocycles. The molecule has 0 unspecified atom stereocenters. The van der Waals surface area contributed by atoms with E-state index in [1.54, 1.807) is 12.1 Å². The summed E-state index contributed by atoms with van der Waals surface area (Å²) in [6, 6.07) is 8.32. The lowest BCUT2D eigenvalue weighted by molar-refractivity contribution is -0.117. The number of para-hydroxylation sites is 1. The summed E-state index contributed by atoms with van der Waals surface area (Å²) in [4.78, 5) is 13.9. The van der Waals surface area contributed by atoms with Crippen molar-refractivity contribution in [2.45, 2.75) is 13.0 Å². The second-order valence-electron chi connectivity index (χ2n) is 2.74. The van der Waals surface area contributed by atoms with Crippen LogP contribution in [0.5, 0.6) is 0 Å². The molecule has 0 heterocycles. The number of nitrogens with zero attached hydrogens (tertiary/aromatic N) is 3. The standard InChI is InChI=1S/C9H10N4O/c1-7(12-13-10)9(14)11-8-5-3-2-4-6-8/h2-7H,1H3,(H,11,14)/t7-/m1/s1. The van der Waals surface area contributed by atoms with Gasteiger partial charge in [0.25, 0.3) is 0 Å². The first-order valence-corrected chi connectivity index (χ1v) is 4.14. The highest BCUT2D eigenvalue weighted by Crippen LogP contribution is 2.06. The molecule has 1 amide bonds. The number of anilines is 1. The Bertz CT molecular complexity index is 356. The maximum absolute atomic E-state index is 11.3. The summed E-state index contributed by atoms with van der Waals surface area (Å²) in [5.74, 6) is -0.311. The van der Waals surface area contributed by atoms with Crippen LogP contribution in [0.1, 0.15) is 6.92 Å². The normalized spacial score (nSPS) is 11.2. The third-order valence-electron chi connectivity index (χ3n) is 1.65. The molecule has 1 atom stereocenters. The van der Waals surface area contributed by atoms with Crippen LogP contribution in [-0.2, 0) is 4.79 Å². The maximum Gasteiger partial charge on any atom is 0.233 e. The van der Waals surface area contributed by atoms with E-state index in [0.29, 0.717) is 5.69 Å². The summed E-state index contributed by atoms with van der Waals surface area (Å²) in [6.45, 7) is 1.54. The van der Waals surface area contributed by atoms with Gasteiger partial charge in [0, 0.05) is 10.6 Å². The molecule has 0 saturated carbocycles. The van der Waals surface area contributed by atoms with Gasteiger partial charge in [-0.1, -0.05) is 23.3 Å². The van der Waals surface area contributed by atoms with Crippen LogP contribution >= 0.6 is 0 Å². The van der Waals surface area contributed by atoms with Crippen molar-refractivity contribution in [2.75, 3.05) is 5.32 Å². The molecule has 1 N–H and O–H groups in total. The minimum absolute atomic E-state index is 0.311. The van der Waals surface area contributed by atoms with E-state index in [-0.39, 0.29) is 5.91 Å². The molecule has 1 aromatic carbocycles. The minimum Gasteiger partial charge on any atom is -0.326 e.